The first-order chi connectivity index (χ1) is 18.0. The number of carboxylic acids is 1. The number of piperidine rings is 1. The Balaban J connectivity index is 0.000000426. The Kier molecular flexibility index (Phi) is 8.45. The highest BCUT2D eigenvalue weighted by Gasteiger charge is 2.38. The van der Waals surface area contributed by atoms with Crippen molar-refractivity contribution in [2.45, 2.75) is 36.2 Å². The van der Waals surface area contributed by atoms with Gasteiger partial charge in [0.2, 0.25) is 0 Å². The molecule has 38 heavy (non-hydrogen) atoms. The first-order valence-corrected chi connectivity index (χ1v) is 14.7. The number of aromatic amines is 1. The van der Waals surface area contributed by atoms with Gasteiger partial charge in [0.25, 0.3) is 10.0 Å². The van der Waals surface area contributed by atoms with Gasteiger partial charge in [0, 0.05) is 30.1 Å². The number of hydrogen-bond donors (Lipinski definition) is 2. The maximum absolute atomic E-state index is 13.0. The third-order valence-electron chi connectivity index (χ3n) is 5.94. The van der Waals surface area contributed by atoms with Crippen LogP contribution < -0.4 is 4.31 Å². The number of benzene rings is 1. The van der Waals surface area contributed by atoms with Crippen molar-refractivity contribution >= 4 is 55.3 Å². The summed E-state index contributed by atoms with van der Waals surface area (Å²) in [7, 11) is -1.99. The van der Waals surface area contributed by atoms with E-state index < -0.39 is 22.2 Å². The number of thiophene rings is 1. The number of likely N-dealkylation sites (tertiary alicyclic amines) is 1. The maximum atomic E-state index is 13.0. The van der Waals surface area contributed by atoms with Gasteiger partial charge in [-0.2, -0.15) is 13.2 Å². The second kappa shape index (κ2) is 11.4. The van der Waals surface area contributed by atoms with Crippen molar-refractivity contribution in [1.29, 1.82) is 0 Å². The lowest BCUT2D eigenvalue weighted by atomic mass is 10.1. The molecule has 204 valence electrons. The molecule has 0 saturated carbocycles. The summed E-state index contributed by atoms with van der Waals surface area (Å²) in [4.78, 5) is 20.7. The topological polar surface area (TPSA) is 107 Å². The zero-order chi connectivity index (χ0) is 27.5. The molecule has 0 spiro atoms. The number of aliphatic carboxylic acids is 1. The molecule has 0 aliphatic carbocycles. The van der Waals surface area contributed by atoms with Crippen LogP contribution in [0.3, 0.4) is 0 Å². The largest absolute Gasteiger partial charge is 0.490 e. The summed E-state index contributed by atoms with van der Waals surface area (Å²) in [5.41, 5.74) is 2.34. The molecule has 4 aromatic rings. The molecular formula is C24H25F3N4O4S3. The molecule has 1 fully saturated rings. The first-order valence-electron chi connectivity index (χ1n) is 11.6. The summed E-state index contributed by atoms with van der Waals surface area (Å²) in [5, 5.41) is 10.8. The molecule has 5 rings (SSSR count). The fraction of sp³-hybridized carbons (Fsp3) is 0.333. The monoisotopic (exact) mass is 586 g/mol. The molecule has 4 heterocycles. The zero-order valence-corrected chi connectivity index (χ0v) is 22.7. The molecule has 1 aliphatic rings. The number of nitrogens with zero attached hydrogens (tertiary/aromatic N) is 3. The number of hydrogen-bond acceptors (Lipinski definition) is 7. The number of H-pyrrole nitrogens is 1. The predicted molar refractivity (Wildman–Crippen MR) is 142 cm³/mol. The number of carboxylic acid groups (broad SMARTS) is 1. The van der Waals surface area contributed by atoms with Crippen molar-refractivity contribution in [3.8, 4) is 10.7 Å². The van der Waals surface area contributed by atoms with Crippen LogP contribution in [-0.4, -0.2) is 60.7 Å². The van der Waals surface area contributed by atoms with Gasteiger partial charge in [-0.3, -0.25) is 9.21 Å². The molecule has 3 aromatic heterocycles. The van der Waals surface area contributed by atoms with E-state index in [4.69, 9.17) is 9.90 Å². The Bertz CT molecular complexity index is 1490. The minimum absolute atomic E-state index is 0.334. The Morgan fingerprint density at radius 3 is 2.53 bits per heavy atom. The van der Waals surface area contributed by atoms with Crippen LogP contribution in [-0.2, 0) is 21.4 Å². The molecule has 0 amide bonds. The average molecular weight is 587 g/mol. The fourth-order valence-corrected chi connectivity index (χ4v) is 7.33. The van der Waals surface area contributed by atoms with Gasteiger partial charge in [0.05, 0.1) is 16.9 Å². The molecule has 8 nitrogen and oxygen atoms in total. The van der Waals surface area contributed by atoms with Crippen LogP contribution >= 0.6 is 22.7 Å². The van der Waals surface area contributed by atoms with E-state index in [1.165, 1.54) is 39.8 Å². The van der Waals surface area contributed by atoms with Crippen molar-refractivity contribution in [3.05, 3.63) is 52.9 Å². The molecule has 1 aromatic carbocycles. The molecule has 14 heteroatoms. The van der Waals surface area contributed by atoms with Crippen molar-refractivity contribution in [1.82, 2.24) is 14.9 Å². The molecule has 0 radical (unpaired) electrons. The van der Waals surface area contributed by atoms with Crippen molar-refractivity contribution in [2.75, 3.05) is 24.4 Å². The van der Waals surface area contributed by atoms with E-state index in [0.29, 0.717) is 9.90 Å². The van der Waals surface area contributed by atoms with Gasteiger partial charge in [-0.1, -0.05) is 24.6 Å². The summed E-state index contributed by atoms with van der Waals surface area (Å²) < 4.78 is 59.5. The Morgan fingerprint density at radius 1 is 1.18 bits per heavy atom. The number of para-hydroxylation sites is 1. The van der Waals surface area contributed by atoms with Crippen LogP contribution in [0.1, 0.15) is 24.1 Å². The van der Waals surface area contributed by atoms with Crippen molar-refractivity contribution < 1.29 is 31.5 Å². The molecular weight excluding hydrogens is 561 g/mol. The lowest BCUT2D eigenvalue weighted by Crippen LogP contribution is -2.28. The van der Waals surface area contributed by atoms with Gasteiger partial charge in [0.15, 0.2) is 0 Å². The zero-order valence-electron chi connectivity index (χ0n) is 20.2. The van der Waals surface area contributed by atoms with E-state index in [9.17, 15) is 21.6 Å². The van der Waals surface area contributed by atoms with Crippen LogP contribution in [0, 0.1) is 0 Å². The van der Waals surface area contributed by atoms with Gasteiger partial charge in [-0.15, -0.1) is 22.7 Å². The number of thiazole rings is 1. The van der Waals surface area contributed by atoms with Gasteiger partial charge in [-0.05, 0) is 49.5 Å². The number of carbonyl (C=O) groups is 1. The van der Waals surface area contributed by atoms with Crippen LogP contribution in [0.25, 0.3) is 21.6 Å². The Labute approximate surface area is 225 Å². The number of alkyl halides is 3. The van der Waals surface area contributed by atoms with Crippen molar-refractivity contribution in [3.63, 3.8) is 0 Å². The molecule has 1 saturated heterocycles. The minimum Gasteiger partial charge on any atom is -0.475 e. The summed E-state index contributed by atoms with van der Waals surface area (Å²) in [6.45, 7) is 3.27. The third kappa shape index (κ3) is 6.37. The van der Waals surface area contributed by atoms with E-state index in [1.807, 2.05) is 30.5 Å². The SMILES string of the molecule is CN(c1cccc2cc(-c3ncc(CN4CCCCC4)s3)[nH]c12)S(=O)(=O)c1cccs1.O=C(O)C(F)(F)F. The van der Waals surface area contributed by atoms with Crippen LogP contribution in [0.2, 0.25) is 0 Å². The number of nitrogens with one attached hydrogen (secondary N) is 1. The summed E-state index contributed by atoms with van der Waals surface area (Å²) in [6.07, 6.45) is 0.767. The van der Waals surface area contributed by atoms with Gasteiger partial charge in [0.1, 0.15) is 9.22 Å². The van der Waals surface area contributed by atoms with E-state index in [0.717, 1.165) is 41.2 Å². The molecule has 0 unspecified atom stereocenters. The van der Waals surface area contributed by atoms with Crippen LogP contribution in [0.5, 0.6) is 0 Å². The average Bonchev–Trinajstić information content (AvgIpc) is 3.64. The van der Waals surface area contributed by atoms with E-state index in [2.05, 4.69) is 14.9 Å². The molecule has 1 aliphatic heterocycles. The van der Waals surface area contributed by atoms with E-state index in [-0.39, 0.29) is 0 Å². The second-order valence-corrected chi connectivity index (χ2v) is 12.9. The maximum Gasteiger partial charge on any atom is 0.490 e. The number of anilines is 1. The number of aromatic nitrogens is 2. The molecule has 2 N–H and O–H groups in total. The molecule has 0 bridgehead atoms. The van der Waals surface area contributed by atoms with Crippen molar-refractivity contribution in [2.24, 2.45) is 0 Å². The van der Waals surface area contributed by atoms with Crippen LogP contribution in [0.15, 0.2) is 52.2 Å². The lowest BCUT2D eigenvalue weighted by Gasteiger charge is -2.25. The number of fused-ring (bicyclic) bond motifs is 1. The second-order valence-electron chi connectivity index (χ2n) is 8.60. The number of halogens is 3. The quantitative estimate of drug-likeness (QED) is 0.296. The normalized spacial score (nSPS) is 14.7. The Hall–Kier alpha value is -2.94. The minimum atomic E-state index is -5.08. The number of sulfonamides is 1. The third-order valence-corrected chi connectivity index (χ3v) is 10.1. The summed E-state index contributed by atoms with van der Waals surface area (Å²) in [6, 6.07) is 11.1. The predicted octanol–water partition coefficient (Wildman–Crippen LogP) is 5.80. The van der Waals surface area contributed by atoms with Gasteiger partial charge < -0.3 is 10.1 Å². The molecule has 0 atom stereocenters. The highest BCUT2D eigenvalue weighted by Crippen LogP contribution is 2.35. The van der Waals surface area contributed by atoms with E-state index in [1.54, 1.807) is 35.9 Å². The van der Waals surface area contributed by atoms with Crippen LogP contribution in [0.4, 0.5) is 18.9 Å². The van der Waals surface area contributed by atoms with Gasteiger partial charge >= 0.3 is 12.1 Å². The summed E-state index contributed by atoms with van der Waals surface area (Å²) >= 11 is 2.92. The standard InChI is InChI=1S/C22H24N4O2S3.C2HF3O2/c1-25(31(27,28)20-9-6-12-29-20)19-8-5-7-16-13-18(24-21(16)19)22-23-14-17(30-22)15-26-10-3-2-4-11-26;3-2(4,5)1(6)7/h5-9,12-14,24H,2-4,10-11,15H2,1H3;(H,6,7). The summed E-state index contributed by atoms with van der Waals surface area (Å²) in [5.74, 6) is -2.76. The first kappa shape index (κ1) is 28.1. The smallest absolute Gasteiger partial charge is 0.475 e. The fourth-order valence-electron chi connectivity index (χ4n) is 4.04. The highest BCUT2D eigenvalue weighted by atomic mass is 32.2. The number of rotatable bonds is 6. The Morgan fingerprint density at radius 2 is 1.89 bits per heavy atom. The highest BCUT2D eigenvalue weighted by molar-refractivity contribution is 7.94. The lowest BCUT2D eigenvalue weighted by molar-refractivity contribution is -0.192. The van der Waals surface area contributed by atoms with Gasteiger partial charge in [-0.25, -0.2) is 18.2 Å². The van der Waals surface area contributed by atoms with E-state index >= 15 is 0 Å².